The summed E-state index contributed by atoms with van der Waals surface area (Å²) in [6.45, 7) is 12.7. The van der Waals surface area contributed by atoms with E-state index in [4.69, 9.17) is 9.47 Å². The molecule has 0 spiro atoms. The molecule has 4 aliphatic rings. The Morgan fingerprint density at radius 3 is 2.30 bits per heavy atom. The monoisotopic (exact) mass is 420 g/mol. The van der Waals surface area contributed by atoms with Crippen molar-refractivity contribution in [3.05, 3.63) is 0 Å². The van der Waals surface area contributed by atoms with Crippen LogP contribution in [0.2, 0.25) is 0 Å². The van der Waals surface area contributed by atoms with Crippen LogP contribution in [0.5, 0.6) is 0 Å². The van der Waals surface area contributed by atoms with E-state index in [2.05, 4.69) is 34.6 Å². The molecule has 5 heteroatoms. The third kappa shape index (κ3) is 2.60. The Bertz CT molecular complexity index is 746. The van der Waals surface area contributed by atoms with Crippen molar-refractivity contribution in [2.24, 2.45) is 39.4 Å². The van der Waals surface area contributed by atoms with Crippen LogP contribution in [0.15, 0.2) is 0 Å². The summed E-state index contributed by atoms with van der Waals surface area (Å²) in [4.78, 5) is 24.9. The maximum absolute atomic E-state index is 12.8. The Morgan fingerprint density at radius 1 is 1.03 bits per heavy atom. The van der Waals surface area contributed by atoms with Crippen molar-refractivity contribution in [2.75, 3.05) is 7.11 Å². The van der Waals surface area contributed by atoms with Crippen molar-refractivity contribution in [1.29, 1.82) is 0 Å². The second-order valence-electron chi connectivity index (χ2n) is 11.9. The summed E-state index contributed by atoms with van der Waals surface area (Å²) >= 11 is 0. The molecular formula is C25H40O5. The molecule has 5 nitrogen and oxygen atoms in total. The third-order valence-electron chi connectivity index (χ3n) is 10.8. The van der Waals surface area contributed by atoms with Gasteiger partial charge in [0, 0.05) is 43.6 Å². The molecule has 0 aromatic rings. The second-order valence-corrected chi connectivity index (χ2v) is 11.9. The highest BCUT2D eigenvalue weighted by Gasteiger charge is 2.73. The SMILES string of the molecule is CO[C@H]1C[C@H](O)[C@]2(C)[C@@H]1[C@H](OC(C)=O)C[C@@H]1[C@@]3(C)CCC(=O)C(C)(C)[C@@H]3CC[C@]12C. The first kappa shape index (κ1) is 22.3. The van der Waals surface area contributed by atoms with Crippen LogP contribution in [0.25, 0.3) is 0 Å². The predicted octanol–water partition coefficient (Wildman–Crippen LogP) is 4.15. The van der Waals surface area contributed by atoms with Gasteiger partial charge in [0.15, 0.2) is 0 Å². The molecule has 4 rings (SSSR count). The summed E-state index contributed by atoms with van der Waals surface area (Å²) < 4.78 is 11.8. The molecule has 0 bridgehead atoms. The first-order valence-electron chi connectivity index (χ1n) is 11.8. The van der Waals surface area contributed by atoms with Crippen LogP contribution in [-0.2, 0) is 19.1 Å². The smallest absolute Gasteiger partial charge is 0.302 e. The lowest BCUT2D eigenvalue weighted by molar-refractivity contribution is -0.249. The van der Waals surface area contributed by atoms with Gasteiger partial charge in [0.2, 0.25) is 0 Å². The van der Waals surface area contributed by atoms with Crippen LogP contribution in [0.1, 0.15) is 80.1 Å². The zero-order chi connectivity index (χ0) is 22.3. The van der Waals surface area contributed by atoms with Crippen LogP contribution < -0.4 is 0 Å². The van der Waals surface area contributed by atoms with E-state index in [-0.39, 0.29) is 46.3 Å². The maximum atomic E-state index is 12.8. The average molecular weight is 421 g/mol. The highest BCUT2D eigenvalue weighted by molar-refractivity contribution is 5.85. The highest BCUT2D eigenvalue weighted by atomic mass is 16.5. The zero-order valence-electron chi connectivity index (χ0n) is 19.8. The van der Waals surface area contributed by atoms with E-state index in [9.17, 15) is 14.7 Å². The van der Waals surface area contributed by atoms with Gasteiger partial charge in [-0.2, -0.15) is 0 Å². The second kappa shape index (κ2) is 6.78. The summed E-state index contributed by atoms with van der Waals surface area (Å²) in [7, 11) is 1.70. The van der Waals surface area contributed by atoms with Gasteiger partial charge in [0.25, 0.3) is 0 Å². The molecule has 170 valence electrons. The number of carbonyl (C=O) groups excluding carboxylic acids is 2. The van der Waals surface area contributed by atoms with Gasteiger partial charge >= 0.3 is 5.97 Å². The lowest BCUT2D eigenvalue weighted by atomic mass is 9.35. The molecule has 4 saturated carbocycles. The number of carbonyl (C=O) groups is 2. The van der Waals surface area contributed by atoms with Gasteiger partial charge < -0.3 is 14.6 Å². The quantitative estimate of drug-likeness (QED) is 0.680. The molecule has 0 aliphatic heterocycles. The van der Waals surface area contributed by atoms with Crippen LogP contribution in [0.3, 0.4) is 0 Å². The number of fused-ring (bicyclic) bond motifs is 5. The number of rotatable bonds is 2. The summed E-state index contributed by atoms with van der Waals surface area (Å²) in [5, 5.41) is 11.4. The van der Waals surface area contributed by atoms with E-state index in [0.717, 1.165) is 25.7 Å². The van der Waals surface area contributed by atoms with Gasteiger partial charge in [-0.3, -0.25) is 9.59 Å². The van der Waals surface area contributed by atoms with Crippen LogP contribution in [-0.4, -0.2) is 42.3 Å². The van der Waals surface area contributed by atoms with E-state index in [1.807, 2.05) is 0 Å². The molecule has 0 unspecified atom stereocenters. The molecule has 0 heterocycles. The molecular weight excluding hydrogens is 380 g/mol. The van der Waals surface area contributed by atoms with Gasteiger partial charge in [-0.1, -0.05) is 34.6 Å². The van der Waals surface area contributed by atoms with Crippen molar-refractivity contribution >= 4 is 11.8 Å². The Hall–Kier alpha value is -0.940. The minimum absolute atomic E-state index is 0.0122. The average Bonchev–Trinajstić information content (AvgIpc) is 2.92. The van der Waals surface area contributed by atoms with E-state index < -0.39 is 11.5 Å². The molecule has 0 aromatic heterocycles. The first-order chi connectivity index (χ1) is 13.8. The summed E-state index contributed by atoms with van der Waals surface area (Å²) in [5.41, 5.74) is -0.826. The standard InChI is InChI=1S/C25H40O5/c1-14(26)30-16-12-18-23(4)10-9-19(27)22(2,3)17(23)8-11-24(18,5)25(6)20(28)13-15(29-7)21(16)25/h15-18,20-21,28H,8-13H2,1-7H3/t15-,16+,17-,18+,20-,21-,23-,24+,25+/m0/s1. The summed E-state index contributed by atoms with van der Waals surface area (Å²) in [6, 6.07) is 0. The van der Waals surface area contributed by atoms with Crippen LogP contribution in [0, 0.1) is 39.4 Å². The Balaban J connectivity index is 1.84. The summed E-state index contributed by atoms with van der Waals surface area (Å²) in [6.07, 6.45) is 4.02. The largest absolute Gasteiger partial charge is 0.462 e. The Labute approximate surface area is 181 Å². The lowest BCUT2D eigenvalue weighted by Crippen LogP contribution is -2.68. The highest BCUT2D eigenvalue weighted by Crippen LogP contribution is 2.74. The number of Topliss-reactive ketones (excluding diaryl/α,β-unsaturated/α-hetero) is 1. The van der Waals surface area contributed by atoms with Crippen molar-refractivity contribution in [1.82, 2.24) is 0 Å². The van der Waals surface area contributed by atoms with E-state index in [1.165, 1.54) is 6.92 Å². The van der Waals surface area contributed by atoms with Gasteiger partial charge in [-0.15, -0.1) is 0 Å². The van der Waals surface area contributed by atoms with E-state index in [0.29, 0.717) is 24.5 Å². The first-order valence-corrected chi connectivity index (χ1v) is 11.8. The maximum Gasteiger partial charge on any atom is 0.302 e. The van der Waals surface area contributed by atoms with Gasteiger partial charge in [-0.05, 0) is 48.3 Å². The molecule has 30 heavy (non-hydrogen) atoms. The topological polar surface area (TPSA) is 72.8 Å². The van der Waals surface area contributed by atoms with Gasteiger partial charge in [0.05, 0.1) is 12.2 Å². The van der Waals surface area contributed by atoms with Gasteiger partial charge in [-0.25, -0.2) is 0 Å². The van der Waals surface area contributed by atoms with Crippen LogP contribution >= 0.6 is 0 Å². The van der Waals surface area contributed by atoms with Crippen molar-refractivity contribution in [3.63, 3.8) is 0 Å². The molecule has 4 fully saturated rings. The number of aliphatic hydroxyl groups excluding tert-OH is 1. The number of hydrogen-bond acceptors (Lipinski definition) is 5. The molecule has 0 saturated heterocycles. The van der Waals surface area contributed by atoms with Crippen molar-refractivity contribution in [3.8, 4) is 0 Å². The number of aliphatic hydroxyl groups is 1. The van der Waals surface area contributed by atoms with Gasteiger partial charge in [0.1, 0.15) is 11.9 Å². The fraction of sp³-hybridized carbons (Fsp3) is 0.920. The number of ketones is 1. The molecule has 0 aromatic carbocycles. The number of esters is 1. The van der Waals surface area contributed by atoms with E-state index in [1.54, 1.807) is 7.11 Å². The lowest BCUT2D eigenvalue weighted by Gasteiger charge is -2.69. The zero-order valence-corrected chi connectivity index (χ0v) is 19.8. The van der Waals surface area contributed by atoms with Crippen molar-refractivity contribution < 1.29 is 24.2 Å². The third-order valence-corrected chi connectivity index (χ3v) is 10.8. The predicted molar refractivity (Wildman–Crippen MR) is 114 cm³/mol. The molecule has 9 atom stereocenters. The number of methoxy groups -OCH3 is 1. The Kier molecular flexibility index (Phi) is 5.03. The van der Waals surface area contributed by atoms with Crippen LogP contribution in [0.4, 0.5) is 0 Å². The molecule has 0 amide bonds. The Morgan fingerprint density at radius 2 is 1.70 bits per heavy atom. The molecule has 4 aliphatic carbocycles. The normalized spacial score (nSPS) is 52.2. The van der Waals surface area contributed by atoms with E-state index >= 15 is 0 Å². The number of ether oxygens (including phenoxy) is 2. The summed E-state index contributed by atoms with van der Waals surface area (Å²) in [5.74, 6) is 0.705. The molecule has 1 N–H and O–H groups in total. The minimum Gasteiger partial charge on any atom is -0.462 e. The fourth-order valence-electron chi connectivity index (χ4n) is 9.09. The van der Waals surface area contributed by atoms with Crippen molar-refractivity contribution in [2.45, 2.75) is 98.4 Å². The fourth-order valence-corrected chi connectivity index (χ4v) is 9.09. The molecule has 0 radical (unpaired) electrons. The number of hydrogen-bond donors (Lipinski definition) is 1. The minimum atomic E-state index is -0.489.